The van der Waals surface area contributed by atoms with Crippen LogP contribution in [0.2, 0.25) is 0 Å². The number of nitrogens with zero attached hydrogens (tertiary/aromatic N) is 2. The zero-order valence-corrected chi connectivity index (χ0v) is 19.5. The van der Waals surface area contributed by atoms with E-state index in [0.29, 0.717) is 6.54 Å². The molecule has 0 radical (unpaired) electrons. The van der Waals surface area contributed by atoms with Crippen molar-refractivity contribution in [3.05, 3.63) is 46.3 Å². The molecule has 1 aliphatic rings. The van der Waals surface area contributed by atoms with Crippen molar-refractivity contribution >= 4 is 34.7 Å². The van der Waals surface area contributed by atoms with Gasteiger partial charge in [0.25, 0.3) is 0 Å². The molecular weight excluding hydrogens is 398 g/mol. The van der Waals surface area contributed by atoms with Gasteiger partial charge in [0, 0.05) is 30.2 Å². The maximum absolute atomic E-state index is 12.8. The molecule has 0 atom stereocenters. The number of anilines is 1. The van der Waals surface area contributed by atoms with E-state index in [0.717, 1.165) is 57.7 Å². The number of rotatable bonds is 8. The van der Waals surface area contributed by atoms with E-state index < -0.39 is 0 Å². The molecule has 29 heavy (non-hydrogen) atoms. The number of carbonyl (C=O) groups is 1. The number of thioether (sulfide) groups is 1. The standard InChI is InChI=1S/C23H33N3OS2/c1-4-18-8-6-9-19(5-2)23(18)24-21(27)17-26-13-7-12-25(14-15-26)16-20-10-11-22(28-3)29-20/h6,8-11H,4-5,7,12-17H2,1-3H3,(H,24,27). The van der Waals surface area contributed by atoms with Crippen molar-refractivity contribution in [3.63, 3.8) is 0 Å². The molecule has 0 spiro atoms. The second kappa shape index (κ2) is 11.2. The predicted octanol–water partition coefficient (Wildman–Crippen LogP) is 4.74. The lowest BCUT2D eigenvalue weighted by atomic mass is 10.0. The summed E-state index contributed by atoms with van der Waals surface area (Å²) in [7, 11) is 0. The quantitative estimate of drug-likeness (QED) is 0.612. The number of thiophene rings is 1. The Bertz CT molecular complexity index is 783. The van der Waals surface area contributed by atoms with E-state index in [2.05, 4.69) is 65.6 Å². The van der Waals surface area contributed by atoms with E-state index in [4.69, 9.17) is 0 Å². The molecule has 1 fully saturated rings. The van der Waals surface area contributed by atoms with Gasteiger partial charge in [0.05, 0.1) is 10.8 Å². The first kappa shape index (κ1) is 22.3. The number of nitrogens with one attached hydrogen (secondary N) is 1. The van der Waals surface area contributed by atoms with Crippen LogP contribution in [0.25, 0.3) is 0 Å². The highest BCUT2D eigenvalue weighted by Crippen LogP contribution is 2.26. The Morgan fingerprint density at radius 2 is 1.72 bits per heavy atom. The third kappa shape index (κ3) is 6.32. The van der Waals surface area contributed by atoms with Gasteiger partial charge in [0.15, 0.2) is 0 Å². The van der Waals surface area contributed by atoms with Crippen LogP contribution in [0.15, 0.2) is 34.5 Å². The minimum Gasteiger partial charge on any atom is -0.324 e. The molecule has 0 saturated carbocycles. The minimum absolute atomic E-state index is 0.108. The first-order valence-electron chi connectivity index (χ1n) is 10.6. The van der Waals surface area contributed by atoms with Crippen LogP contribution < -0.4 is 5.32 Å². The fourth-order valence-electron chi connectivity index (χ4n) is 3.90. The molecule has 6 heteroatoms. The van der Waals surface area contributed by atoms with E-state index in [-0.39, 0.29) is 5.91 Å². The summed E-state index contributed by atoms with van der Waals surface area (Å²) in [5, 5.41) is 3.21. The molecule has 1 N–H and O–H groups in total. The van der Waals surface area contributed by atoms with E-state index in [1.54, 1.807) is 0 Å². The Balaban J connectivity index is 1.53. The second-order valence-corrected chi connectivity index (χ2v) is 9.81. The molecular formula is C23H33N3OS2. The number of hydrogen-bond acceptors (Lipinski definition) is 5. The smallest absolute Gasteiger partial charge is 0.238 e. The van der Waals surface area contributed by atoms with Crippen molar-refractivity contribution in [1.82, 2.24) is 9.80 Å². The molecule has 0 aliphatic carbocycles. The van der Waals surface area contributed by atoms with Crippen molar-refractivity contribution in [2.45, 2.75) is 43.9 Å². The van der Waals surface area contributed by atoms with Gasteiger partial charge in [-0.2, -0.15) is 0 Å². The lowest BCUT2D eigenvalue weighted by Gasteiger charge is -2.22. The van der Waals surface area contributed by atoms with Crippen molar-refractivity contribution < 1.29 is 4.79 Å². The maximum atomic E-state index is 12.8. The zero-order valence-electron chi connectivity index (χ0n) is 17.9. The van der Waals surface area contributed by atoms with Crippen LogP contribution in [0.1, 0.15) is 36.3 Å². The highest BCUT2D eigenvalue weighted by molar-refractivity contribution is 8.00. The van der Waals surface area contributed by atoms with Crippen LogP contribution in [0.3, 0.4) is 0 Å². The number of benzene rings is 1. The first-order chi connectivity index (χ1) is 14.1. The third-order valence-electron chi connectivity index (χ3n) is 5.53. The number of hydrogen-bond donors (Lipinski definition) is 1. The fraction of sp³-hybridized carbons (Fsp3) is 0.522. The third-order valence-corrected chi connectivity index (χ3v) is 7.68. The van der Waals surface area contributed by atoms with Crippen molar-refractivity contribution in [3.8, 4) is 0 Å². The van der Waals surface area contributed by atoms with Crippen LogP contribution in [0.4, 0.5) is 5.69 Å². The van der Waals surface area contributed by atoms with Crippen molar-refractivity contribution in [2.24, 2.45) is 0 Å². The van der Waals surface area contributed by atoms with Gasteiger partial charge in [0.1, 0.15) is 0 Å². The average molecular weight is 432 g/mol. The molecule has 2 aromatic rings. The normalized spacial score (nSPS) is 16.0. The van der Waals surface area contributed by atoms with Gasteiger partial charge in [-0.05, 0) is 61.9 Å². The summed E-state index contributed by atoms with van der Waals surface area (Å²) >= 11 is 3.71. The monoisotopic (exact) mass is 431 g/mol. The molecule has 4 nitrogen and oxygen atoms in total. The number of carbonyl (C=O) groups excluding carboxylic acids is 1. The lowest BCUT2D eigenvalue weighted by molar-refractivity contribution is -0.117. The van der Waals surface area contributed by atoms with Crippen LogP contribution >= 0.6 is 23.1 Å². The van der Waals surface area contributed by atoms with Gasteiger partial charge >= 0.3 is 0 Å². The molecule has 1 amide bonds. The molecule has 1 aromatic heterocycles. The SMILES string of the molecule is CCc1cccc(CC)c1NC(=O)CN1CCCN(Cc2ccc(SC)s2)CC1. The Labute approximate surface area is 183 Å². The molecule has 0 bridgehead atoms. The Morgan fingerprint density at radius 3 is 2.38 bits per heavy atom. The van der Waals surface area contributed by atoms with Gasteiger partial charge in [-0.3, -0.25) is 14.6 Å². The Hall–Kier alpha value is -1.34. The number of aryl methyl sites for hydroxylation is 2. The summed E-state index contributed by atoms with van der Waals surface area (Å²) in [5.74, 6) is 0.108. The average Bonchev–Trinajstić information content (AvgIpc) is 3.08. The van der Waals surface area contributed by atoms with Gasteiger partial charge in [-0.25, -0.2) is 0 Å². The number of para-hydroxylation sites is 1. The van der Waals surface area contributed by atoms with Crippen LogP contribution in [0, 0.1) is 0 Å². The largest absolute Gasteiger partial charge is 0.324 e. The molecule has 0 unspecified atom stereocenters. The van der Waals surface area contributed by atoms with E-state index in [9.17, 15) is 4.79 Å². The summed E-state index contributed by atoms with van der Waals surface area (Å²) in [5.41, 5.74) is 3.47. The van der Waals surface area contributed by atoms with E-state index in [1.807, 2.05) is 23.1 Å². The Morgan fingerprint density at radius 1 is 1.03 bits per heavy atom. The summed E-state index contributed by atoms with van der Waals surface area (Å²) in [4.78, 5) is 19.0. The van der Waals surface area contributed by atoms with Crippen molar-refractivity contribution in [2.75, 3.05) is 44.3 Å². The molecule has 1 aromatic carbocycles. The minimum atomic E-state index is 0.108. The van der Waals surface area contributed by atoms with Gasteiger partial charge in [-0.15, -0.1) is 23.1 Å². The predicted molar refractivity (Wildman–Crippen MR) is 126 cm³/mol. The maximum Gasteiger partial charge on any atom is 0.238 e. The second-order valence-electron chi connectivity index (χ2n) is 7.54. The van der Waals surface area contributed by atoms with Crippen molar-refractivity contribution in [1.29, 1.82) is 0 Å². The van der Waals surface area contributed by atoms with E-state index >= 15 is 0 Å². The molecule has 1 aliphatic heterocycles. The van der Waals surface area contributed by atoms with Gasteiger partial charge < -0.3 is 5.32 Å². The molecule has 1 saturated heterocycles. The molecule has 2 heterocycles. The lowest BCUT2D eigenvalue weighted by Crippen LogP contribution is -2.36. The highest BCUT2D eigenvalue weighted by atomic mass is 32.2. The fourth-order valence-corrected chi connectivity index (χ4v) is 5.54. The Kier molecular flexibility index (Phi) is 8.60. The summed E-state index contributed by atoms with van der Waals surface area (Å²) in [6.45, 7) is 9.84. The van der Waals surface area contributed by atoms with Crippen LogP contribution in [0.5, 0.6) is 0 Å². The van der Waals surface area contributed by atoms with Gasteiger partial charge in [-0.1, -0.05) is 32.0 Å². The zero-order chi connectivity index (χ0) is 20.6. The summed E-state index contributed by atoms with van der Waals surface area (Å²) in [6, 6.07) is 10.8. The molecule has 158 valence electrons. The van der Waals surface area contributed by atoms with Gasteiger partial charge in [0.2, 0.25) is 5.91 Å². The number of amides is 1. The van der Waals surface area contributed by atoms with E-state index in [1.165, 1.54) is 20.2 Å². The summed E-state index contributed by atoms with van der Waals surface area (Å²) < 4.78 is 1.38. The van der Waals surface area contributed by atoms with Crippen LogP contribution in [-0.2, 0) is 24.2 Å². The first-order valence-corrected chi connectivity index (χ1v) is 12.6. The molecule has 3 rings (SSSR count). The topological polar surface area (TPSA) is 35.6 Å². The highest BCUT2D eigenvalue weighted by Gasteiger charge is 2.19. The van der Waals surface area contributed by atoms with Crippen LogP contribution in [-0.4, -0.2) is 54.7 Å². The summed E-state index contributed by atoms with van der Waals surface area (Å²) in [6.07, 6.45) is 5.11.